The maximum absolute atomic E-state index is 13.5. The monoisotopic (exact) mass is 272 g/mol. The van der Waals surface area contributed by atoms with Gasteiger partial charge >= 0.3 is 0 Å². The van der Waals surface area contributed by atoms with Crippen molar-refractivity contribution in [2.75, 3.05) is 0 Å². The summed E-state index contributed by atoms with van der Waals surface area (Å²) in [5.74, 6) is 0.215. The number of rotatable bonds is 4. The molecule has 0 saturated heterocycles. The second-order valence-electron chi connectivity index (χ2n) is 4.75. The topological polar surface area (TPSA) is 45.8 Å². The van der Waals surface area contributed by atoms with Gasteiger partial charge in [-0.15, -0.1) is 0 Å². The van der Waals surface area contributed by atoms with Crippen molar-refractivity contribution in [1.82, 2.24) is 9.97 Å². The van der Waals surface area contributed by atoms with Gasteiger partial charge in [-0.1, -0.05) is 13.0 Å². The number of aromatic amines is 1. The highest BCUT2D eigenvalue weighted by molar-refractivity contribution is 6.25. The smallest absolute Gasteiger partial charge is 0.163 e. The Balaban J connectivity index is 2.55. The Bertz CT molecular complexity index is 671. The van der Waals surface area contributed by atoms with E-state index in [1.165, 1.54) is 12.1 Å². The lowest BCUT2D eigenvalue weighted by Crippen LogP contribution is -2.02. The molecular formula is C16H17FN2O. The summed E-state index contributed by atoms with van der Waals surface area (Å²) >= 11 is 0. The predicted molar refractivity (Wildman–Crippen MR) is 77.6 cm³/mol. The van der Waals surface area contributed by atoms with Crippen molar-refractivity contribution < 1.29 is 9.18 Å². The Labute approximate surface area is 117 Å². The number of allylic oxidation sites excluding steroid dienone is 1. The van der Waals surface area contributed by atoms with Gasteiger partial charge in [0, 0.05) is 23.9 Å². The number of hydrogen-bond donors (Lipinski definition) is 1. The second-order valence-corrected chi connectivity index (χ2v) is 4.75. The van der Waals surface area contributed by atoms with Crippen molar-refractivity contribution in [2.24, 2.45) is 0 Å². The first-order chi connectivity index (χ1) is 9.51. The molecule has 1 aromatic carbocycles. The van der Waals surface area contributed by atoms with E-state index >= 15 is 0 Å². The molecule has 0 radical (unpaired) electrons. The molecule has 1 heterocycles. The van der Waals surface area contributed by atoms with Gasteiger partial charge in [0.05, 0.1) is 0 Å². The average Bonchev–Trinajstić information content (AvgIpc) is 2.84. The standard InChI is InChI=1S/C16H17FN2O/c1-4-15(20)14(8-16-18-9-11(3)19-16)13-7-12(17)6-5-10(13)2/h5-9H,4H2,1-3H3,(H,18,19)/b14-8-. The van der Waals surface area contributed by atoms with Gasteiger partial charge in [-0.05, 0) is 43.2 Å². The lowest BCUT2D eigenvalue weighted by Gasteiger charge is -2.09. The molecule has 0 bridgehead atoms. The number of aromatic nitrogens is 2. The summed E-state index contributed by atoms with van der Waals surface area (Å²) in [6.45, 7) is 5.54. The van der Waals surface area contributed by atoms with Gasteiger partial charge in [-0.3, -0.25) is 4.79 Å². The van der Waals surface area contributed by atoms with Crippen LogP contribution in [0.1, 0.15) is 36.0 Å². The van der Waals surface area contributed by atoms with Crippen molar-refractivity contribution in [1.29, 1.82) is 0 Å². The summed E-state index contributed by atoms with van der Waals surface area (Å²) in [5, 5.41) is 0. The lowest BCUT2D eigenvalue weighted by molar-refractivity contribution is -0.113. The van der Waals surface area contributed by atoms with Crippen molar-refractivity contribution >= 4 is 17.4 Å². The minimum absolute atomic E-state index is 0.0345. The first-order valence-corrected chi connectivity index (χ1v) is 6.54. The van der Waals surface area contributed by atoms with Crippen molar-refractivity contribution in [2.45, 2.75) is 27.2 Å². The number of imidazole rings is 1. The summed E-state index contributed by atoms with van der Waals surface area (Å²) in [6.07, 6.45) is 3.74. The molecule has 0 aliphatic heterocycles. The van der Waals surface area contributed by atoms with Crippen molar-refractivity contribution in [3.8, 4) is 0 Å². The van der Waals surface area contributed by atoms with Crippen LogP contribution in [-0.2, 0) is 4.79 Å². The number of Topliss-reactive ketones (excluding diaryl/α,β-unsaturated/α-hetero) is 1. The quantitative estimate of drug-likeness (QED) is 0.863. The molecule has 0 saturated carbocycles. The van der Waals surface area contributed by atoms with Gasteiger partial charge in [0.2, 0.25) is 0 Å². The van der Waals surface area contributed by atoms with E-state index in [0.29, 0.717) is 23.4 Å². The van der Waals surface area contributed by atoms with Crippen molar-refractivity contribution in [3.05, 3.63) is 52.9 Å². The zero-order valence-electron chi connectivity index (χ0n) is 11.8. The molecule has 0 spiro atoms. The lowest BCUT2D eigenvalue weighted by atomic mass is 9.95. The SMILES string of the molecule is CCC(=O)/C(=C\c1ncc(C)[nH]1)c1cc(F)ccc1C. The van der Waals surface area contributed by atoms with Crippen LogP contribution in [0.25, 0.3) is 11.6 Å². The molecule has 0 aliphatic rings. The number of halogens is 1. The molecule has 0 amide bonds. The molecule has 4 heteroatoms. The summed E-state index contributed by atoms with van der Waals surface area (Å²) in [6, 6.07) is 4.46. The summed E-state index contributed by atoms with van der Waals surface area (Å²) in [4.78, 5) is 19.4. The van der Waals surface area contributed by atoms with E-state index in [1.54, 1.807) is 25.3 Å². The number of ketones is 1. The van der Waals surface area contributed by atoms with Gasteiger partial charge in [0.1, 0.15) is 11.6 Å². The van der Waals surface area contributed by atoms with E-state index in [-0.39, 0.29) is 11.6 Å². The van der Waals surface area contributed by atoms with Crippen molar-refractivity contribution in [3.63, 3.8) is 0 Å². The van der Waals surface area contributed by atoms with Gasteiger partial charge in [0.15, 0.2) is 5.78 Å². The molecule has 0 atom stereocenters. The molecule has 2 rings (SSSR count). The highest BCUT2D eigenvalue weighted by Crippen LogP contribution is 2.24. The Morgan fingerprint density at radius 2 is 2.15 bits per heavy atom. The summed E-state index contributed by atoms with van der Waals surface area (Å²) < 4.78 is 13.5. The molecule has 1 aromatic heterocycles. The summed E-state index contributed by atoms with van der Waals surface area (Å²) in [5.41, 5.74) is 2.88. The fourth-order valence-electron chi connectivity index (χ4n) is 2.03. The number of aryl methyl sites for hydroxylation is 2. The number of hydrogen-bond acceptors (Lipinski definition) is 2. The van der Waals surface area contributed by atoms with Crippen LogP contribution >= 0.6 is 0 Å². The molecule has 104 valence electrons. The van der Waals surface area contributed by atoms with E-state index < -0.39 is 0 Å². The second kappa shape index (κ2) is 5.82. The molecule has 0 unspecified atom stereocenters. The van der Waals surface area contributed by atoms with E-state index in [9.17, 15) is 9.18 Å². The van der Waals surface area contributed by atoms with Crippen LogP contribution in [0, 0.1) is 19.7 Å². The number of carbonyl (C=O) groups is 1. The van der Waals surface area contributed by atoms with Crippen LogP contribution in [-0.4, -0.2) is 15.8 Å². The third-order valence-electron chi connectivity index (χ3n) is 3.11. The van der Waals surface area contributed by atoms with Gasteiger partial charge < -0.3 is 4.98 Å². The maximum atomic E-state index is 13.5. The summed E-state index contributed by atoms with van der Waals surface area (Å²) in [7, 11) is 0. The van der Waals surface area contributed by atoms with Crippen LogP contribution in [0.15, 0.2) is 24.4 Å². The average molecular weight is 272 g/mol. The first kappa shape index (κ1) is 14.2. The molecule has 2 aromatic rings. The molecule has 0 aliphatic carbocycles. The van der Waals surface area contributed by atoms with Crippen LogP contribution in [0.5, 0.6) is 0 Å². The fraction of sp³-hybridized carbons (Fsp3) is 0.250. The van der Waals surface area contributed by atoms with Gasteiger partial charge in [-0.2, -0.15) is 0 Å². The Kier molecular flexibility index (Phi) is 4.13. The molecular weight excluding hydrogens is 255 g/mol. The van der Waals surface area contributed by atoms with Crippen LogP contribution < -0.4 is 0 Å². The van der Waals surface area contributed by atoms with E-state index in [1.807, 2.05) is 13.8 Å². The van der Waals surface area contributed by atoms with E-state index in [4.69, 9.17) is 0 Å². The van der Waals surface area contributed by atoms with Crippen LogP contribution in [0.4, 0.5) is 4.39 Å². The number of H-pyrrole nitrogens is 1. The molecule has 0 fully saturated rings. The highest BCUT2D eigenvalue weighted by atomic mass is 19.1. The first-order valence-electron chi connectivity index (χ1n) is 6.54. The number of nitrogens with zero attached hydrogens (tertiary/aromatic N) is 1. The minimum Gasteiger partial charge on any atom is -0.343 e. The largest absolute Gasteiger partial charge is 0.343 e. The number of benzene rings is 1. The van der Waals surface area contributed by atoms with E-state index in [2.05, 4.69) is 9.97 Å². The molecule has 1 N–H and O–H groups in total. The molecule has 20 heavy (non-hydrogen) atoms. The molecule has 3 nitrogen and oxygen atoms in total. The normalized spacial score (nSPS) is 11.7. The van der Waals surface area contributed by atoms with Gasteiger partial charge in [-0.25, -0.2) is 9.37 Å². The third-order valence-corrected chi connectivity index (χ3v) is 3.11. The predicted octanol–water partition coefficient (Wildman–Crippen LogP) is 3.69. The fourth-order valence-corrected chi connectivity index (χ4v) is 2.03. The van der Waals surface area contributed by atoms with E-state index in [0.717, 1.165) is 11.3 Å². The number of nitrogens with one attached hydrogen (secondary N) is 1. The maximum Gasteiger partial charge on any atom is 0.163 e. The Morgan fingerprint density at radius 3 is 2.75 bits per heavy atom. The van der Waals surface area contributed by atoms with Gasteiger partial charge in [0.25, 0.3) is 0 Å². The highest BCUT2D eigenvalue weighted by Gasteiger charge is 2.14. The zero-order chi connectivity index (χ0) is 14.7. The van der Waals surface area contributed by atoms with Crippen LogP contribution in [0.2, 0.25) is 0 Å². The zero-order valence-corrected chi connectivity index (χ0v) is 11.8. The number of carbonyl (C=O) groups excluding carboxylic acids is 1. The minimum atomic E-state index is -0.351. The Hall–Kier alpha value is -2.23. The third kappa shape index (κ3) is 3.02. The Morgan fingerprint density at radius 1 is 1.40 bits per heavy atom. The van der Waals surface area contributed by atoms with Crippen LogP contribution in [0.3, 0.4) is 0 Å².